The minimum Gasteiger partial charge on any atom is -0.505 e. The first-order valence-electron chi connectivity index (χ1n) is 7.46. The SMILES string of the molecule is CC(C)n1nc(-c2cc3cc(O)c(F)cc3[nH]2)c2c(N)ncnc21. The molecule has 0 atom stereocenters. The maximum absolute atomic E-state index is 13.6. The average molecular weight is 326 g/mol. The van der Waals surface area contributed by atoms with E-state index in [2.05, 4.69) is 20.1 Å². The molecule has 0 saturated heterocycles. The maximum atomic E-state index is 13.6. The number of aromatic nitrogens is 5. The van der Waals surface area contributed by atoms with Crippen molar-refractivity contribution in [2.75, 3.05) is 5.73 Å². The fourth-order valence-electron chi connectivity index (χ4n) is 2.81. The number of benzene rings is 1. The molecule has 3 aromatic heterocycles. The standard InChI is InChI=1S/C16H15FN6O/c1-7(2)23-16-13(15(18)19-6-20-16)14(22-23)11-3-8-4-12(24)9(17)5-10(8)21-11/h3-7,21,24H,1-2H3,(H2,18,19,20). The number of nitrogen functional groups attached to an aromatic ring is 1. The molecule has 8 heteroatoms. The quantitative estimate of drug-likeness (QED) is 0.525. The summed E-state index contributed by atoms with van der Waals surface area (Å²) in [6.45, 7) is 3.99. The Morgan fingerprint density at radius 1 is 1.25 bits per heavy atom. The van der Waals surface area contributed by atoms with Crippen molar-refractivity contribution < 1.29 is 9.50 Å². The minimum absolute atomic E-state index is 0.0846. The molecule has 4 aromatic rings. The Labute approximate surface area is 136 Å². The van der Waals surface area contributed by atoms with Gasteiger partial charge in [-0.05, 0) is 26.0 Å². The zero-order chi connectivity index (χ0) is 17.0. The number of fused-ring (bicyclic) bond motifs is 2. The Hall–Kier alpha value is -3.16. The van der Waals surface area contributed by atoms with E-state index < -0.39 is 11.6 Å². The average Bonchev–Trinajstić information content (AvgIpc) is 3.09. The fourth-order valence-corrected chi connectivity index (χ4v) is 2.81. The summed E-state index contributed by atoms with van der Waals surface area (Å²) in [7, 11) is 0. The third-order valence-corrected chi connectivity index (χ3v) is 3.95. The number of phenolic OH excluding ortho intramolecular Hbond substituents is 1. The highest BCUT2D eigenvalue weighted by molar-refractivity contribution is 6.00. The number of anilines is 1. The Balaban J connectivity index is 2.03. The summed E-state index contributed by atoms with van der Waals surface area (Å²) in [6, 6.07) is 4.48. The summed E-state index contributed by atoms with van der Waals surface area (Å²) >= 11 is 0. The van der Waals surface area contributed by atoms with Crippen LogP contribution in [0.1, 0.15) is 19.9 Å². The molecule has 0 fully saturated rings. The first-order valence-corrected chi connectivity index (χ1v) is 7.46. The van der Waals surface area contributed by atoms with Crippen LogP contribution in [-0.2, 0) is 0 Å². The Morgan fingerprint density at radius 3 is 2.79 bits per heavy atom. The van der Waals surface area contributed by atoms with Crippen LogP contribution in [0.25, 0.3) is 33.3 Å². The zero-order valence-electron chi connectivity index (χ0n) is 13.1. The van der Waals surface area contributed by atoms with Gasteiger partial charge in [-0.15, -0.1) is 0 Å². The van der Waals surface area contributed by atoms with Crippen molar-refractivity contribution in [3.8, 4) is 17.1 Å². The second-order valence-electron chi connectivity index (χ2n) is 5.92. The predicted octanol–water partition coefficient (Wildman–Crippen LogP) is 2.98. The van der Waals surface area contributed by atoms with Crippen molar-refractivity contribution in [1.29, 1.82) is 0 Å². The second-order valence-corrected chi connectivity index (χ2v) is 5.92. The number of rotatable bonds is 2. The number of halogens is 1. The van der Waals surface area contributed by atoms with Crippen LogP contribution >= 0.6 is 0 Å². The lowest BCUT2D eigenvalue weighted by molar-refractivity contribution is 0.433. The largest absolute Gasteiger partial charge is 0.505 e. The summed E-state index contributed by atoms with van der Waals surface area (Å²) in [5.41, 5.74) is 8.47. The number of aromatic hydroxyl groups is 1. The van der Waals surface area contributed by atoms with Crippen LogP contribution in [0.15, 0.2) is 24.5 Å². The van der Waals surface area contributed by atoms with E-state index in [0.29, 0.717) is 39.1 Å². The third kappa shape index (κ3) is 1.99. The van der Waals surface area contributed by atoms with Crippen LogP contribution in [0.2, 0.25) is 0 Å². The van der Waals surface area contributed by atoms with Crippen LogP contribution in [0.3, 0.4) is 0 Å². The van der Waals surface area contributed by atoms with Crippen LogP contribution in [0, 0.1) is 5.82 Å². The van der Waals surface area contributed by atoms with E-state index in [1.807, 2.05) is 13.8 Å². The number of phenols is 1. The van der Waals surface area contributed by atoms with Gasteiger partial charge in [0.15, 0.2) is 17.2 Å². The van der Waals surface area contributed by atoms with Gasteiger partial charge in [0.1, 0.15) is 17.8 Å². The maximum Gasteiger partial charge on any atom is 0.166 e. The zero-order valence-corrected chi connectivity index (χ0v) is 13.1. The van der Waals surface area contributed by atoms with Gasteiger partial charge in [-0.1, -0.05) is 0 Å². The molecule has 0 radical (unpaired) electrons. The van der Waals surface area contributed by atoms with Gasteiger partial charge in [0.25, 0.3) is 0 Å². The molecule has 7 nitrogen and oxygen atoms in total. The number of aromatic amines is 1. The number of nitrogens with two attached hydrogens (primary N) is 1. The monoisotopic (exact) mass is 326 g/mol. The van der Waals surface area contributed by atoms with Gasteiger partial charge < -0.3 is 15.8 Å². The highest BCUT2D eigenvalue weighted by atomic mass is 19.1. The number of hydrogen-bond donors (Lipinski definition) is 3. The van der Waals surface area contributed by atoms with E-state index in [0.717, 1.165) is 0 Å². The molecule has 122 valence electrons. The van der Waals surface area contributed by atoms with Gasteiger partial charge in [0.05, 0.1) is 11.1 Å². The van der Waals surface area contributed by atoms with Gasteiger partial charge in [-0.3, -0.25) is 0 Å². The molecule has 0 aliphatic rings. The lowest BCUT2D eigenvalue weighted by atomic mass is 10.2. The summed E-state index contributed by atoms with van der Waals surface area (Å²) in [5.74, 6) is -0.751. The smallest absolute Gasteiger partial charge is 0.166 e. The summed E-state index contributed by atoms with van der Waals surface area (Å²) in [5, 5.41) is 15.5. The molecule has 4 rings (SSSR count). The summed E-state index contributed by atoms with van der Waals surface area (Å²) in [6.07, 6.45) is 1.40. The lowest BCUT2D eigenvalue weighted by Crippen LogP contribution is -2.04. The topological polar surface area (TPSA) is 106 Å². The predicted molar refractivity (Wildman–Crippen MR) is 89.0 cm³/mol. The molecule has 24 heavy (non-hydrogen) atoms. The lowest BCUT2D eigenvalue weighted by Gasteiger charge is -2.05. The van der Waals surface area contributed by atoms with Gasteiger partial charge in [0.2, 0.25) is 0 Å². The van der Waals surface area contributed by atoms with Crippen molar-refractivity contribution in [2.24, 2.45) is 0 Å². The van der Waals surface area contributed by atoms with E-state index in [-0.39, 0.29) is 6.04 Å². The van der Waals surface area contributed by atoms with E-state index in [1.54, 1.807) is 10.7 Å². The third-order valence-electron chi connectivity index (χ3n) is 3.95. The molecular formula is C16H15FN6O. The number of nitrogens with zero attached hydrogens (tertiary/aromatic N) is 4. The van der Waals surface area contributed by atoms with Gasteiger partial charge in [-0.2, -0.15) is 5.10 Å². The van der Waals surface area contributed by atoms with E-state index in [4.69, 9.17) is 5.73 Å². The molecule has 4 N–H and O–H groups in total. The molecule has 0 aliphatic heterocycles. The molecule has 3 heterocycles. The molecule has 0 saturated carbocycles. The number of H-pyrrole nitrogens is 1. The summed E-state index contributed by atoms with van der Waals surface area (Å²) in [4.78, 5) is 11.4. The Kier molecular flexibility index (Phi) is 2.96. The van der Waals surface area contributed by atoms with E-state index >= 15 is 0 Å². The fraction of sp³-hybridized carbons (Fsp3) is 0.188. The van der Waals surface area contributed by atoms with Crippen LogP contribution in [0.4, 0.5) is 10.2 Å². The van der Waals surface area contributed by atoms with Crippen molar-refractivity contribution >= 4 is 27.8 Å². The van der Waals surface area contributed by atoms with E-state index in [9.17, 15) is 9.50 Å². The van der Waals surface area contributed by atoms with E-state index in [1.165, 1.54) is 18.5 Å². The first-order chi connectivity index (χ1) is 11.5. The van der Waals surface area contributed by atoms with Crippen molar-refractivity contribution in [3.05, 3.63) is 30.3 Å². The van der Waals surface area contributed by atoms with Crippen molar-refractivity contribution in [1.82, 2.24) is 24.7 Å². The van der Waals surface area contributed by atoms with Crippen molar-refractivity contribution in [2.45, 2.75) is 19.9 Å². The molecule has 0 amide bonds. The second kappa shape index (κ2) is 4.92. The van der Waals surface area contributed by atoms with Gasteiger partial charge in [-0.25, -0.2) is 19.0 Å². The molecule has 0 bridgehead atoms. The molecule has 0 spiro atoms. The van der Waals surface area contributed by atoms with Crippen molar-refractivity contribution in [3.63, 3.8) is 0 Å². The highest BCUT2D eigenvalue weighted by Crippen LogP contribution is 2.34. The van der Waals surface area contributed by atoms with Crippen LogP contribution < -0.4 is 5.73 Å². The molecule has 1 aromatic carbocycles. The van der Waals surface area contributed by atoms with Crippen LogP contribution in [-0.4, -0.2) is 29.8 Å². The Bertz CT molecular complexity index is 1040. The highest BCUT2D eigenvalue weighted by Gasteiger charge is 2.20. The van der Waals surface area contributed by atoms with Gasteiger partial charge in [0, 0.05) is 23.0 Å². The molecular weight excluding hydrogens is 311 g/mol. The normalized spacial score (nSPS) is 11.8. The molecule has 0 aliphatic carbocycles. The van der Waals surface area contributed by atoms with Gasteiger partial charge >= 0.3 is 0 Å². The first kappa shape index (κ1) is 14.4. The van der Waals surface area contributed by atoms with Crippen LogP contribution in [0.5, 0.6) is 5.75 Å². The molecule has 0 unspecified atom stereocenters. The Morgan fingerprint density at radius 2 is 2.04 bits per heavy atom. The summed E-state index contributed by atoms with van der Waals surface area (Å²) < 4.78 is 15.3. The number of hydrogen-bond acceptors (Lipinski definition) is 5. The minimum atomic E-state index is -0.684. The number of nitrogens with one attached hydrogen (secondary N) is 1.